The molecule has 4 rings (SSSR count). The highest BCUT2D eigenvalue weighted by atomic mass is 16.5. The topological polar surface area (TPSA) is 86.4 Å². The van der Waals surface area contributed by atoms with Gasteiger partial charge in [0.2, 0.25) is 5.89 Å². The second-order valence-electron chi connectivity index (χ2n) is 6.74. The molecule has 1 aliphatic rings. The fourth-order valence-electron chi connectivity index (χ4n) is 3.28. The number of aromatic nitrogens is 4. The van der Waals surface area contributed by atoms with Gasteiger partial charge in [0.1, 0.15) is 18.1 Å². The summed E-state index contributed by atoms with van der Waals surface area (Å²) < 4.78 is 16.4. The maximum Gasteiger partial charge on any atom is 0.267 e. The second-order valence-corrected chi connectivity index (χ2v) is 6.74. The molecule has 1 unspecified atom stereocenters. The fraction of sp³-hybridized carbons (Fsp3) is 0.400. The van der Waals surface area contributed by atoms with Crippen LogP contribution in [0.15, 0.2) is 47.3 Å². The molecule has 1 fully saturated rings. The van der Waals surface area contributed by atoms with Gasteiger partial charge in [-0.05, 0) is 30.7 Å². The van der Waals surface area contributed by atoms with Crippen LogP contribution < -0.4 is 4.74 Å². The van der Waals surface area contributed by atoms with Gasteiger partial charge in [-0.25, -0.2) is 4.98 Å². The predicted molar refractivity (Wildman–Crippen MR) is 102 cm³/mol. The smallest absolute Gasteiger partial charge is 0.267 e. The molecule has 2 aromatic heterocycles. The summed E-state index contributed by atoms with van der Waals surface area (Å²) in [6.07, 6.45) is 5.86. The molecule has 0 bridgehead atoms. The molecule has 8 heteroatoms. The van der Waals surface area contributed by atoms with Gasteiger partial charge in [-0.3, -0.25) is 9.88 Å². The summed E-state index contributed by atoms with van der Waals surface area (Å²) in [5.41, 5.74) is 1.86. The van der Waals surface area contributed by atoms with E-state index in [0.29, 0.717) is 30.7 Å². The van der Waals surface area contributed by atoms with Crippen molar-refractivity contribution < 1.29 is 13.9 Å². The van der Waals surface area contributed by atoms with Crippen molar-refractivity contribution in [2.75, 3.05) is 33.4 Å². The summed E-state index contributed by atoms with van der Waals surface area (Å²) in [5, 5.41) is 8.35. The lowest BCUT2D eigenvalue weighted by atomic mass is 10.1. The largest absolute Gasteiger partial charge is 0.491 e. The molecule has 0 saturated carbocycles. The highest BCUT2D eigenvalue weighted by Crippen LogP contribution is 2.29. The molecule has 1 atom stereocenters. The molecule has 3 aromatic rings. The number of likely N-dealkylation sites (tertiary alicyclic amines) is 1. The number of rotatable bonds is 8. The molecule has 1 aliphatic heterocycles. The molecule has 1 saturated heterocycles. The lowest BCUT2D eigenvalue weighted by molar-refractivity contribution is 0.146. The summed E-state index contributed by atoms with van der Waals surface area (Å²) in [6, 6.07) is 8.22. The van der Waals surface area contributed by atoms with Gasteiger partial charge in [0.25, 0.3) is 5.89 Å². The zero-order valence-corrected chi connectivity index (χ0v) is 15.8. The van der Waals surface area contributed by atoms with Crippen LogP contribution in [-0.4, -0.2) is 58.5 Å². The van der Waals surface area contributed by atoms with Crippen molar-refractivity contribution in [3.63, 3.8) is 0 Å². The average Bonchev–Trinajstić information content (AvgIpc) is 3.40. The first kappa shape index (κ1) is 18.5. The third-order valence-electron chi connectivity index (χ3n) is 4.73. The van der Waals surface area contributed by atoms with Crippen molar-refractivity contribution in [2.24, 2.45) is 0 Å². The normalized spacial score (nSPS) is 17.1. The first-order chi connectivity index (χ1) is 13.8. The zero-order valence-electron chi connectivity index (χ0n) is 15.8. The van der Waals surface area contributed by atoms with Crippen molar-refractivity contribution >= 4 is 0 Å². The van der Waals surface area contributed by atoms with Crippen LogP contribution in [0.1, 0.15) is 23.8 Å². The molecule has 28 heavy (non-hydrogen) atoms. The molecule has 0 N–H and O–H groups in total. The molecule has 0 spiro atoms. The van der Waals surface area contributed by atoms with Crippen LogP contribution in [0.2, 0.25) is 0 Å². The van der Waals surface area contributed by atoms with Crippen LogP contribution in [0, 0.1) is 0 Å². The van der Waals surface area contributed by atoms with Crippen LogP contribution in [0.25, 0.3) is 11.6 Å². The maximum absolute atomic E-state index is 5.84. The number of benzene rings is 1. The summed E-state index contributed by atoms with van der Waals surface area (Å²) in [6.45, 7) is 3.93. The molecule has 0 radical (unpaired) electrons. The van der Waals surface area contributed by atoms with Gasteiger partial charge in [-0.1, -0.05) is 12.1 Å². The van der Waals surface area contributed by atoms with E-state index in [1.165, 1.54) is 5.56 Å². The van der Waals surface area contributed by atoms with Gasteiger partial charge >= 0.3 is 0 Å². The SMILES string of the molecule is COCCOc1ccc(CN2CCC(c3nnc(-c4cnccn4)o3)C2)cc1. The Kier molecular flexibility index (Phi) is 5.89. The maximum atomic E-state index is 5.84. The van der Waals surface area contributed by atoms with Gasteiger partial charge in [-0.15, -0.1) is 10.2 Å². The molecule has 1 aromatic carbocycles. The number of nitrogens with zero attached hydrogens (tertiary/aromatic N) is 5. The van der Waals surface area contributed by atoms with E-state index in [0.717, 1.165) is 31.8 Å². The van der Waals surface area contributed by atoms with E-state index in [4.69, 9.17) is 13.9 Å². The van der Waals surface area contributed by atoms with Crippen LogP contribution in [0.4, 0.5) is 0 Å². The van der Waals surface area contributed by atoms with Crippen LogP contribution in [-0.2, 0) is 11.3 Å². The van der Waals surface area contributed by atoms with Gasteiger partial charge in [0.15, 0.2) is 0 Å². The van der Waals surface area contributed by atoms with Crippen molar-refractivity contribution in [1.82, 2.24) is 25.1 Å². The lowest BCUT2D eigenvalue weighted by Crippen LogP contribution is -2.19. The van der Waals surface area contributed by atoms with Crippen molar-refractivity contribution in [1.29, 1.82) is 0 Å². The number of ether oxygens (including phenoxy) is 2. The Bertz CT molecular complexity index is 869. The van der Waals surface area contributed by atoms with Gasteiger partial charge in [0.05, 0.1) is 18.7 Å². The minimum Gasteiger partial charge on any atom is -0.491 e. The molecule has 0 aliphatic carbocycles. The Hall–Kier alpha value is -2.84. The Morgan fingerprint density at radius 1 is 1.14 bits per heavy atom. The first-order valence-electron chi connectivity index (χ1n) is 9.34. The standard InChI is InChI=1S/C20H23N5O3/c1-26-10-11-27-17-4-2-15(3-5-17)13-25-9-6-16(14-25)19-23-24-20(28-19)18-12-21-7-8-22-18/h2-5,7-8,12,16H,6,9-11,13-14H2,1H3. The summed E-state index contributed by atoms with van der Waals surface area (Å²) in [5.74, 6) is 2.20. The molecule has 0 amide bonds. The summed E-state index contributed by atoms with van der Waals surface area (Å²) >= 11 is 0. The average molecular weight is 381 g/mol. The Balaban J connectivity index is 1.31. The second kappa shape index (κ2) is 8.90. The quantitative estimate of drug-likeness (QED) is 0.550. The number of hydrogen-bond donors (Lipinski definition) is 0. The molecule has 146 valence electrons. The molecule has 3 heterocycles. The highest BCUT2D eigenvalue weighted by Gasteiger charge is 2.28. The fourth-order valence-corrected chi connectivity index (χ4v) is 3.28. The molecular formula is C20H23N5O3. The summed E-state index contributed by atoms with van der Waals surface area (Å²) in [4.78, 5) is 10.6. The van der Waals surface area contributed by atoms with Crippen molar-refractivity contribution in [3.05, 3.63) is 54.3 Å². The monoisotopic (exact) mass is 381 g/mol. The van der Waals surface area contributed by atoms with E-state index in [1.807, 2.05) is 12.1 Å². The van der Waals surface area contributed by atoms with Crippen LogP contribution >= 0.6 is 0 Å². The lowest BCUT2D eigenvalue weighted by Gasteiger charge is -2.15. The Labute approximate surface area is 163 Å². The van der Waals surface area contributed by atoms with E-state index in [9.17, 15) is 0 Å². The molecule has 8 nitrogen and oxygen atoms in total. The minimum atomic E-state index is 0.245. The minimum absolute atomic E-state index is 0.245. The summed E-state index contributed by atoms with van der Waals surface area (Å²) in [7, 11) is 1.67. The first-order valence-corrected chi connectivity index (χ1v) is 9.34. The highest BCUT2D eigenvalue weighted by molar-refractivity contribution is 5.43. The van der Waals surface area contributed by atoms with E-state index in [2.05, 4.69) is 37.2 Å². The van der Waals surface area contributed by atoms with E-state index in [1.54, 1.807) is 25.7 Å². The van der Waals surface area contributed by atoms with E-state index in [-0.39, 0.29) is 5.92 Å². The van der Waals surface area contributed by atoms with Gasteiger partial charge < -0.3 is 13.9 Å². The molecular weight excluding hydrogens is 358 g/mol. The van der Waals surface area contributed by atoms with Crippen LogP contribution in [0.5, 0.6) is 5.75 Å². The zero-order chi connectivity index (χ0) is 19.2. The third kappa shape index (κ3) is 4.52. The Morgan fingerprint density at radius 2 is 2.04 bits per heavy atom. The van der Waals surface area contributed by atoms with Gasteiger partial charge in [-0.2, -0.15) is 0 Å². The third-order valence-corrected chi connectivity index (χ3v) is 4.73. The number of methoxy groups -OCH3 is 1. The van der Waals surface area contributed by atoms with Gasteiger partial charge in [0, 0.05) is 32.6 Å². The van der Waals surface area contributed by atoms with Crippen molar-refractivity contribution in [3.8, 4) is 17.3 Å². The number of hydrogen-bond acceptors (Lipinski definition) is 8. The Morgan fingerprint density at radius 3 is 2.82 bits per heavy atom. The van der Waals surface area contributed by atoms with E-state index >= 15 is 0 Å². The van der Waals surface area contributed by atoms with E-state index < -0.39 is 0 Å². The van der Waals surface area contributed by atoms with Crippen LogP contribution in [0.3, 0.4) is 0 Å². The predicted octanol–water partition coefficient (Wildman–Crippen LogP) is 2.54. The van der Waals surface area contributed by atoms with Crippen molar-refractivity contribution in [2.45, 2.75) is 18.9 Å².